The van der Waals surface area contributed by atoms with Crippen LogP contribution in [0.1, 0.15) is 45.1 Å². The van der Waals surface area contributed by atoms with Gasteiger partial charge in [0.15, 0.2) is 0 Å². The number of hydrogen-bond donors (Lipinski definition) is 2. The van der Waals surface area contributed by atoms with E-state index < -0.39 is 0 Å². The average Bonchev–Trinajstić information content (AvgIpc) is 2.24. The molecule has 0 bridgehead atoms. The summed E-state index contributed by atoms with van der Waals surface area (Å²) in [6, 6.07) is 6.26. The molecule has 1 rings (SSSR count). The van der Waals surface area contributed by atoms with E-state index in [1.54, 1.807) is 6.07 Å². The summed E-state index contributed by atoms with van der Waals surface area (Å²) in [5, 5.41) is 13.0. The van der Waals surface area contributed by atoms with E-state index in [-0.39, 0.29) is 0 Å². The van der Waals surface area contributed by atoms with Crippen molar-refractivity contribution in [1.82, 2.24) is 0 Å². The number of rotatable bonds is 6. The van der Waals surface area contributed by atoms with Crippen LogP contribution in [0, 0.1) is 6.92 Å². The first-order valence-electron chi connectivity index (χ1n) is 6.23. The first-order chi connectivity index (χ1) is 7.67. The molecule has 0 aromatic heterocycles. The SMILES string of the molecule is CCCC(CCC)Nc1ccc(O)c(C)c1. The molecule has 0 aliphatic heterocycles. The molecule has 0 atom stereocenters. The Hall–Kier alpha value is -1.18. The van der Waals surface area contributed by atoms with Crippen LogP contribution in [0.5, 0.6) is 5.75 Å². The van der Waals surface area contributed by atoms with Crippen LogP contribution in [0.3, 0.4) is 0 Å². The Morgan fingerprint density at radius 1 is 1.19 bits per heavy atom. The normalized spacial score (nSPS) is 10.8. The lowest BCUT2D eigenvalue weighted by atomic mass is 10.1. The minimum absolute atomic E-state index is 0.369. The number of hydrogen-bond acceptors (Lipinski definition) is 2. The third-order valence-corrected chi connectivity index (χ3v) is 2.84. The molecule has 1 aromatic rings. The van der Waals surface area contributed by atoms with Crippen LogP contribution in [0.25, 0.3) is 0 Å². The lowest BCUT2D eigenvalue weighted by Gasteiger charge is -2.19. The molecule has 0 radical (unpaired) electrons. The summed E-state index contributed by atoms with van der Waals surface area (Å²) in [5.74, 6) is 0.369. The largest absolute Gasteiger partial charge is 0.508 e. The van der Waals surface area contributed by atoms with E-state index in [4.69, 9.17) is 0 Å². The lowest BCUT2D eigenvalue weighted by Crippen LogP contribution is -2.18. The fourth-order valence-corrected chi connectivity index (χ4v) is 1.97. The third kappa shape index (κ3) is 3.76. The van der Waals surface area contributed by atoms with Gasteiger partial charge in [0.25, 0.3) is 0 Å². The Morgan fingerprint density at radius 3 is 2.31 bits per heavy atom. The Morgan fingerprint density at radius 2 is 1.81 bits per heavy atom. The van der Waals surface area contributed by atoms with Crippen molar-refractivity contribution in [3.05, 3.63) is 23.8 Å². The predicted molar refractivity (Wildman–Crippen MR) is 70.1 cm³/mol. The van der Waals surface area contributed by atoms with Gasteiger partial charge < -0.3 is 10.4 Å². The van der Waals surface area contributed by atoms with Crippen LogP contribution < -0.4 is 5.32 Å². The van der Waals surface area contributed by atoms with E-state index in [0.717, 1.165) is 11.3 Å². The van der Waals surface area contributed by atoms with E-state index in [2.05, 4.69) is 19.2 Å². The Balaban J connectivity index is 2.65. The van der Waals surface area contributed by atoms with Crippen LogP contribution >= 0.6 is 0 Å². The summed E-state index contributed by atoms with van der Waals surface area (Å²) in [5.41, 5.74) is 2.04. The number of nitrogens with one attached hydrogen (secondary N) is 1. The van der Waals surface area contributed by atoms with E-state index in [1.807, 2.05) is 19.1 Å². The molecule has 0 saturated heterocycles. The summed E-state index contributed by atoms with van der Waals surface area (Å²) in [7, 11) is 0. The van der Waals surface area contributed by atoms with Gasteiger partial charge in [0.2, 0.25) is 0 Å². The average molecular weight is 221 g/mol. The summed E-state index contributed by atoms with van der Waals surface area (Å²) in [6.45, 7) is 6.36. The van der Waals surface area contributed by atoms with Crippen molar-refractivity contribution in [3.8, 4) is 5.75 Å². The highest BCUT2D eigenvalue weighted by molar-refractivity contribution is 5.50. The molecule has 2 heteroatoms. The quantitative estimate of drug-likeness (QED) is 0.709. The van der Waals surface area contributed by atoms with Crippen LogP contribution in [0.15, 0.2) is 18.2 Å². The fourth-order valence-electron chi connectivity index (χ4n) is 1.97. The Kier molecular flexibility index (Phi) is 5.17. The van der Waals surface area contributed by atoms with Gasteiger partial charge in [-0.1, -0.05) is 26.7 Å². The van der Waals surface area contributed by atoms with Crippen LogP contribution in [0.2, 0.25) is 0 Å². The number of phenolic OH excluding ortho intramolecular Hbond substituents is 1. The number of aryl methyl sites for hydroxylation is 1. The predicted octanol–water partition coefficient (Wildman–Crippen LogP) is 4.08. The number of aromatic hydroxyl groups is 1. The summed E-state index contributed by atoms with van der Waals surface area (Å²) in [4.78, 5) is 0. The van der Waals surface area contributed by atoms with Crippen molar-refractivity contribution in [2.45, 2.75) is 52.5 Å². The molecule has 2 nitrogen and oxygen atoms in total. The second kappa shape index (κ2) is 6.41. The highest BCUT2D eigenvalue weighted by atomic mass is 16.3. The maximum atomic E-state index is 9.46. The van der Waals surface area contributed by atoms with Crippen molar-refractivity contribution in [1.29, 1.82) is 0 Å². The first kappa shape index (κ1) is 12.9. The van der Waals surface area contributed by atoms with Crippen LogP contribution in [0.4, 0.5) is 5.69 Å². The van der Waals surface area contributed by atoms with Gasteiger partial charge in [-0.05, 0) is 43.5 Å². The molecule has 1 aromatic carbocycles. The lowest BCUT2D eigenvalue weighted by molar-refractivity contribution is 0.471. The van der Waals surface area contributed by atoms with Gasteiger partial charge in [-0.2, -0.15) is 0 Å². The highest BCUT2D eigenvalue weighted by Gasteiger charge is 2.06. The molecule has 0 aliphatic rings. The molecule has 0 spiro atoms. The van der Waals surface area contributed by atoms with Gasteiger partial charge in [0.05, 0.1) is 0 Å². The number of anilines is 1. The van der Waals surface area contributed by atoms with Crippen molar-refractivity contribution in [2.75, 3.05) is 5.32 Å². The zero-order chi connectivity index (χ0) is 12.0. The van der Waals surface area contributed by atoms with E-state index in [9.17, 15) is 5.11 Å². The minimum atomic E-state index is 0.369. The molecule has 0 fully saturated rings. The molecule has 0 aliphatic carbocycles. The fraction of sp³-hybridized carbons (Fsp3) is 0.571. The second-order valence-corrected chi connectivity index (χ2v) is 4.42. The Bertz CT molecular complexity index is 317. The van der Waals surface area contributed by atoms with E-state index in [1.165, 1.54) is 25.7 Å². The molecule has 16 heavy (non-hydrogen) atoms. The summed E-state index contributed by atoms with van der Waals surface area (Å²) in [6.07, 6.45) is 4.81. The van der Waals surface area contributed by atoms with Gasteiger partial charge in [0.1, 0.15) is 5.75 Å². The van der Waals surface area contributed by atoms with Crippen LogP contribution in [-0.2, 0) is 0 Å². The molecule has 0 heterocycles. The van der Waals surface area contributed by atoms with E-state index >= 15 is 0 Å². The first-order valence-corrected chi connectivity index (χ1v) is 6.23. The van der Waals surface area contributed by atoms with Gasteiger partial charge in [-0.15, -0.1) is 0 Å². The topological polar surface area (TPSA) is 32.3 Å². The smallest absolute Gasteiger partial charge is 0.118 e. The maximum Gasteiger partial charge on any atom is 0.118 e. The van der Waals surface area contributed by atoms with Gasteiger partial charge in [0, 0.05) is 11.7 Å². The maximum absolute atomic E-state index is 9.46. The van der Waals surface area contributed by atoms with Gasteiger partial charge in [-0.3, -0.25) is 0 Å². The van der Waals surface area contributed by atoms with Crippen molar-refractivity contribution >= 4 is 5.69 Å². The van der Waals surface area contributed by atoms with E-state index in [0.29, 0.717) is 11.8 Å². The van der Waals surface area contributed by atoms with Crippen LogP contribution in [-0.4, -0.2) is 11.1 Å². The van der Waals surface area contributed by atoms with Crippen molar-refractivity contribution in [3.63, 3.8) is 0 Å². The molecular weight excluding hydrogens is 198 g/mol. The molecular formula is C14H23NO. The summed E-state index contributed by atoms with van der Waals surface area (Å²) < 4.78 is 0. The van der Waals surface area contributed by atoms with Crippen molar-refractivity contribution in [2.24, 2.45) is 0 Å². The van der Waals surface area contributed by atoms with Gasteiger partial charge >= 0.3 is 0 Å². The minimum Gasteiger partial charge on any atom is -0.508 e. The highest BCUT2D eigenvalue weighted by Crippen LogP contribution is 2.22. The Labute approximate surface area is 98.7 Å². The monoisotopic (exact) mass is 221 g/mol. The molecule has 0 saturated carbocycles. The molecule has 2 N–H and O–H groups in total. The zero-order valence-electron chi connectivity index (χ0n) is 10.6. The zero-order valence-corrected chi connectivity index (χ0v) is 10.6. The summed E-state index contributed by atoms with van der Waals surface area (Å²) >= 11 is 0. The molecule has 0 unspecified atom stereocenters. The number of phenols is 1. The number of benzene rings is 1. The standard InChI is InChI=1S/C14H23NO/c1-4-6-12(7-5-2)15-13-8-9-14(16)11(3)10-13/h8-10,12,15-16H,4-7H2,1-3H3. The van der Waals surface area contributed by atoms with Gasteiger partial charge in [-0.25, -0.2) is 0 Å². The molecule has 90 valence electrons. The third-order valence-electron chi connectivity index (χ3n) is 2.84. The second-order valence-electron chi connectivity index (χ2n) is 4.42. The molecule has 0 amide bonds. The van der Waals surface area contributed by atoms with Crippen molar-refractivity contribution < 1.29 is 5.11 Å².